The number of hydrogen-bond donors (Lipinski definition) is 1. The minimum Gasteiger partial charge on any atom is -0.327 e. The standard InChI is InChI=1S/C14H29N/c1-5-11(2)10-13(15)12-6-8-14(3,4)9-7-12/h11-13H,5-10,15H2,1-4H3. The molecule has 90 valence electrons. The lowest BCUT2D eigenvalue weighted by Gasteiger charge is -2.37. The van der Waals surface area contributed by atoms with E-state index in [0.29, 0.717) is 11.5 Å². The Hall–Kier alpha value is -0.0400. The first-order valence-electron chi connectivity index (χ1n) is 6.70. The predicted octanol–water partition coefficient (Wildman–Crippen LogP) is 3.97. The first kappa shape index (κ1) is 13.0. The third kappa shape index (κ3) is 4.14. The summed E-state index contributed by atoms with van der Waals surface area (Å²) >= 11 is 0. The maximum atomic E-state index is 6.31. The summed E-state index contributed by atoms with van der Waals surface area (Å²) in [6, 6.07) is 0.455. The summed E-state index contributed by atoms with van der Waals surface area (Å²) in [6.07, 6.45) is 7.93. The van der Waals surface area contributed by atoms with E-state index in [2.05, 4.69) is 27.7 Å². The molecular formula is C14H29N. The average molecular weight is 211 g/mol. The van der Waals surface area contributed by atoms with Gasteiger partial charge in [-0.2, -0.15) is 0 Å². The van der Waals surface area contributed by atoms with Crippen LogP contribution in [0, 0.1) is 17.3 Å². The Morgan fingerprint density at radius 2 is 1.80 bits per heavy atom. The molecule has 0 aromatic carbocycles. The summed E-state index contributed by atoms with van der Waals surface area (Å²) in [4.78, 5) is 0. The molecule has 1 saturated carbocycles. The van der Waals surface area contributed by atoms with Crippen molar-refractivity contribution in [1.82, 2.24) is 0 Å². The molecule has 0 amide bonds. The van der Waals surface area contributed by atoms with Crippen LogP contribution in [0.25, 0.3) is 0 Å². The van der Waals surface area contributed by atoms with Gasteiger partial charge in [-0.1, -0.05) is 34.1 Å². The van der Waals surface area contributed by atoms with Gasteiger partial charge in [-0.05, 0) is 49.4 Å². The van der Waals surface area contributed by atoms with Gasteiger partial charge in [0.15, 0.2) is 0 Å². The van der Waals surface area contributed by atoms with Crippen LogP contribution < -0.4 is 5.73 Å². The molecule has 0 radical (unpaired) electrons. The zero-order valence-corrected chi connectivity index (χ0v) is 11.1. The van der Waals surface area contributed by atoms with E-state index in [1.165, 1.54) is 38.5 Å². The third-order valence-electron chi connectivity index (χ3n) is 4.36. The van der Waals surface area contributed by atoms with Gasteiger partial charge in [0, 0.05) is 6.04 Å². The third-order valence-corrected chi connectivity index (χ3v) is 4.36. The van der Waals surface area contributed by atoms with Gasteiger partial charge >= 0.3 is 0 Å². The molecule has 0 aromatic rings. The van der Waals surface area contributed by atoms with Crippen LogP contribution in [0.2, 0.25) is 0 Å². The summed E-state index contributed by atoms with van der Waals surface area (Å²) in [5, 5.41) is 0. The Balaban J connectivity index is 2.33. The molecule has 1 rings (SSSR count). The minimum absolute atomic E-state index is 0.455. The van der Waals surface area contributed by atoms with Crippen LogP contribution in [-0.2, 0) is 0 Å². The topological polar surface area (TPSA) is 26.0 Å². The van der Waals surface area contributed by atoms with E-state index in [1.54, 1.807) is 0 Å². The van der Waals surface area contributed by atoms with Crippen LogP contribution in [-0.4, -0.2) is 6.04 Å². The first-order chi connectivity index (χ1) is 6.94. The molecule has 1 aliphatic carbocycles. The van der Waals surface area contributed by atoms with Crippen molar-refractivity contribution in [3.05, 3.63) is 0 Å². The van der Waals surface area contributed by atoms with Crippen molar-refractivity contribution in [3.8, 4) is 0 Å². The summed E-state index contributed by atoms with van der Waals surface area (Å²) in [5.74, 6) is 1.60. The Morgan fingerprint density at radius 1 is 1.27 bits per heavy atom. The molecule has 0 saturated heterocycles. The molecule has 2 atom stereocenters. The molecule has 0 aliphatic heterocycles. The van der Waals surface area contributed by atoms with Crippen molar-refractivity contribution in [2.24, 2.45) is 23.0 Å². The monoisotopic (exact) mass is 211 g/mol. The second kappa shape index (κ2) is 5.34. The van der Waals surface area contributed by atoms with Crippen molar-refractivity contribution in [2.45, 2.75) is 72.3 Å². The molecule has 0 aromatic heterocycles. The lowest BCUT2D eigenvalue weighted by atomic mass is 9.70. The molecule has 1 fully saturated rings. The fourth-order valence-electron chi connectivity index (χ4n) is 2.67. The molecule has 1 nitrogen and oxygen atoms in total. The maximum Gasteiger partial charge on any atom is 0.00697 e. The van der Waals surface area contributed by atoms with E-state index in [-0.39, 0.29) is 0 Å². The maximum absolute atomic E-state index is 6.31. The Morgan fingerprint density at radius 3 is 2.27 bits per heavy atom. The summed E-state index contributed by atoms with van der Waals surface area (Å²) in [7, 11) is 0. The van der Waals surface area contributed by atoms with E-state index in [4.69, 9.17) is 5.73 Å². The van der Waals surface area contributed by atoms with Gasteiger partial charge in [-0.3, -0.25) is 0 Å². The van der Waals surface area contributed by atoms with E-state index < -0.39 is 0 Å². The fraction of sp³-hybridized carbons (Fsp3) is 1.00. The predicted molar refractivity (Wildman–Crippen MR) is 67.8 cm³/mol. The van der Waals surface area contributed by atoms with Gasteiger partial charge in [-0.25, -0.2) is 0 Å². The Labute approximate surface area is 95.8 Å². The zero-order chi connectivity index (χ0) is 11.5. The molecule has 15 heavy (non-hydrogen) atoms. The average Bonchev–Trinajstić information content (AvgIpc) is 2.17. The van der Waals surface area contributed by atoms with Crippen LogP contribution in [0.15, 0.2) is 0 Å². The van der Waals surface area contributed by atoms with E-state index in [9.17, 15) is 0 Å². The highest BCUT2D eigenvalue weighted by molar-refractivity contribution is 4.84. The highest BCUT2D eigenvalue weighted by Crippen LogP contribution is 2.39. The van der Waals surface area contributed by atoms with E-state index in [0.717, 1.165) is 11.8 Å². The molecule has 1 aliphatic rings. The molecule has 2 N–H and O–H groups in total. The van der Waals surface area contributed by atoms with Gasteiger partial charge in [0.1, 0.15) is 0 Å². The second-order valence-electron chi connectivity index (χ2n) is 6.41. The van der Waals surface area contributed by atoms with Crippen LogP contribution in [0.4, 0.5) is 0 Å². The lowest BCUT2D eigenvalue weighted by Crippen LogP contribution is -2.36. The van der Waals surface area contributed by atoms with Gasteiger partial charge in [0.05, 0.1) is 0 Å². The van der Waals surface area contributed by atoms with Gasteiger partial charge in [-0.15, -0.1) is 0 Å². The molecule has 2 unspecified atom stereocenters. The molecular weight excluding hydrogens is 182 g/mol. The molecule has 1 heteroatoms. The number of rotatable bonds is 4. The largest absolute Gasteiger partial charge is 0.327 e. The van der Waals surface area contributed by atoms with Gasteiger partial charge in [0.2, 0.25) is 0 Å². The second-order valence-corrected chi connectivity index (χ2v) is 6.41. The zero-order valence-electron chi connectivity index (χ0n) is 11.1. The smallest absolute Gasteiger partial charge is 0.00697 e. The summed E-state index contributed by atoms with van der Waals surface area (Å²) < 4.78 is 0. The van der Waals surface area contributed by atoms with Gasteiger partial charge in [0.25, 0.3) is 0 Å². The Kier molecular flexibility index (Phi) is 4.64. The molecule has 0 heterocycles. The number of hydrogen-bond acceptors (Lipinski definition) is 1. The van der Waals surface area contributed by atoms with Crippen LogP contribution in [0.5, 0.6) is 0 Å². The van der Waals surface area contributed by atoms with Crippen molar-refractivity contribution in [2.75, 3.05) is 0 Å². The SMILES string of the molecule is CCC(C)CC(N)C1CCC(C)(C)CC1. The number of nitrogens with two attached hydrogens (primary N) is 1. The van der Waals surface area contributed by atoms with Crippen LogP contribution in [0.1, 0.15) is 66.2 Å². The van der Waals surface area contributed by atoms with Crippen LogP contribution in [0.3, 0.4) is 0 Å². The Bertz CT molecular complexity index is 176. The first-order valence-corrected chi connectivity index (χ1v) is 6.70. The summed E-state index contributed by atoms with van der Waals surface area (Å²) in [6.45, 7) is 9.38. The van der Waals surface area contributed by atoms with E-state index >= 15 is 0 Å². The quantitative estimate of drug-likeness (QED) is 0.748. The van der Waals surface area contributed by atoms with Crippen molar-refractivity contribution in [1.29, 1.82) is 0 Å². The summed E-state index contributed by atoms with van der Waals surface area (Å²) in [5.41, 5.74) is 6.89. The highest BCUT2D eigenvalue weighted by atomic mass is 14.7. The molecule has 0 spiro atoms. The fourth-order valence-corrected chi connectivity index (χ4v) is 2.67. The highest BCUT2D eigenvalue weighted by Gasteiger charge is 2.30. The lowest BCUT2D eigenvalue weighted by molar-refractivity contribution is 0.164. The van der Waals surface area contributed by atoms with E-state index in [1.807, 2.05) is 0 Å². The van der Waals surface area contributed by atoms with Crippen molar-refractivity contribution >= 4 is 0 Å². The van der Waals surface area contributed by atoms with Gasteiger partial charge < -0.3 is 5.73 Å². The minimum atomic E-state index is 0.455. The van der Waals surface area contributed by atoms with Crippen molar-refractivity contribution < 1.29 is 0 Å². The van der Waals surface area contributed by atoms with Crippen LogP contribution >= 0.6 is 0 Å². The molecule has 0 bridgehead atoms. The normalized spacial score (nSPS) is 26.2. The van der Waals surface area contributed by atoms with Crippen molar-refractivity contribution in [3.63, 3.8) is 0 Å².